The largest absolute Gasteiger partial charge is 2.00 e. The number of hydrogen-bond acceptors (Lipinski definition) is 4. The molecule has 0 spiro atoms. The fourth-order valence-electron chi connectivity index (χ4n) is 2.77. The monoisotopic (exact) mass is 747 g/mol. The first kappa shape index (κ1) is 47.2. The van der Waals surface area contributed by atoms with E-state index in [1.807, 2.05) is 33.8 Å². The summed E-state index contributed by atoms with van der Waals surface area (Å²) >= 11 is 0. The van der Waals surface area contributed by atoms with Crippen molar-refractivity contribution in [3.05, 3.63) is 67.1 Å². The third-order valence-corrected chi connectivity index (χ3v) is 8.51. The molecule has 5 nitrogen and oxygen atoms in total. The molecule has 3 atom stereocenters. The van der Waals surface area contributed by atoms with E-state index in [1.54, 1.807) is 45.0 Å². The van der Waals surface area contributed by atoms with Gasteiger partial charge in [-0.05, 0) is 82.9 Å². The molecule has 0 amide bonds. The molecule has 15 heteroatoms. The third-order valence-electron chi connectivity index (χ3n) is 5.00. The van der Waals surface area contributed by atoms with Gasteiger partial charge in [-0.25, -0.2) is 4.21 Å². The number of ether oxygens (including phenoxy) is 2. The molecular weight excluding hydrogens is 709 g/mol. The Labute approximate surface area is 288 Å². The zero-order valence-corrected chi connectivity index (χ0v) is 30.8. The maximum Gasteiger partial charge on any atom is 2.00 e. The SMILES string of the molecule is CC(C)(C)[S@@](=O)N=Cc1cccc(OCC(F)(F)F)c1.C[C@H](C[S@](=O)C(C)(C)C)c1cccc(OCC(F)(F)F)c1.[Br-].[CH3-].[Mg+2]. The second-order valence-corrected chi connectivity index (χ2v) is 15.3. The first-order valence-corrected chi connectivity index (χ1v) is 14.9. The number of nitrogens with zero attached hydrogens (tertiary/aromatic N) is 1. The Morgan fingerprint density at radius 2 is 1.25 bits per heavy atom. The molecule has 0 saturated carbocycles. The Balaban J connectivity index is -0.000000716. The van der Waals surface area contributed by atoms with Crippen LogP contribution in [-0.2, 0) is 21.8 Å². The molecule has 2 aromatic carbocycles. The van der Waals surface area contributed by atoms with E-state index >= 15 is 0 Å². The second-order valence-electron chi connectivity index (χ2n) is 11.1. The van der Waals surface area contributed by atoms with E-state index < -0.39 is 52.1 Å². The molecule has 0 N–H and O–H groups in total. The van der Waals surface area contributed by atoms with Crippen molar-refractivity contribution in [2.45, 2.75) is 76.2 Å². The van der Waals surface area contributed by atoms with Crippen LogP contribution in [0, 0.1) is 7.43 Å². The van der Waals surface area contributed by atoms with Crippen LogP contribution in [0.5, 0.6) is 11.5 Å². The van der Waals surface area contributed by atoms with Gasteiger partial charge < -0.3 is 33.9 Å². The van der Waals surface area contributed by atoms with E-state index in [0.29, 0.717) is 11.3 Å². The summed E-state index contributed by atoms with van der Waals surface area (Å²) in [5, 5.41) is 0. The predicted octanol–water partition coefficient (Wildman–Crippen LogP) is 4.86. The van der Waals surface area contributed by atoms with Gasteiger partial charge in [-0.2, -0.15) is 30.7 Å². The van der Waals surface area contributed by atoms with Crippen LogP contribution in [0.25, 0.3) is 0 Å². The molecule has 0 saturated heterocycles. The van der Waals surface area contributed by atoms with Crippen molar-refractivity contribution in [1.82, 2.24) is 0 Å². The summed E-state index contributed by atoms with van der Waals surface area (Å²) < 4.78 is 109. The first-order chi connectivity index (χ1) is 18.6. The van der Waals surface area contributed by atoms with Gasteiger partial charge in [0.25, 0.3) is 0 Å². The van der Waals surface area contributed by atoms with Crippen LogP contribution in [0.15, 0.2) is 52.9 Å². The molecule has 0 fully saturated rings. The summed E-state index contributed by atoms with van der Waals surface area (Å²) in [4.78, 5) is 0. The fraction of sp³-hybridized carbons (Fsp3) is 0.517. The van der Waals surface area contributed by atoms with Gasteiger partial charge in [-0.15, -0.1) is 0 Å². The van der Waals surface area contributed by atoms with Crippen molar-refractivity contribution in [2.24, 2.45) is 4.40 Å². The Hall–Kier alpha value is -1.16. The zero-order chi connectivity index (χ0) is 31.6. The number of alkyl halides is 6. The van der Waals surface area contributed by atoms with E-state index in [0.717, 1.165) is 5.56 Å². The minimum atomic E-state index is -4.38. The van der Waals surface area contributed by atoms with E-state index in [-0.39, 0.29) is 69.6 Å². The molecule has 2 rings (SSSR count). The molecule has 0 heterocycles. The van der Waals surface area contributed by atoms with E-state index in [4.69, 9.17) is 4.74 Å². The van der Waals surface area contributed by atoms with Gasteiger partial charge in [0.2, 0.25) is 0 Å². The van der Waals surface area contributed by atoms with Gasteiger partial charge in [0.1, 0.15) is 22.5 Å². The Morgan fingerprint density at radius 1 is 0.795 bits per heavy atom. The maximum atomic E-state index is 12.1. The van der Waals surface area contributed by atoms with E-state index in [2.05, 4.69) is 9.13 Å². The van der Waals surface area contributed by atoms with Gasteiger partial charge in [-0.3, -0.25) is 4.21 Å². The summed E-state index contributed by atoms with van der Waals surface area (Å²) in [7, 11) is -2.43. The summed E-state index contributed by atoms with van der Waals surface area (Å²) in [6.45, 7) is 10.3. The third kappa shape index (κ3) is 20.8. The quantitative estimate of drug-likeness (QED) is 0.159. The topological polar surface area (TPSA) is 65.0 Å². The van der Waals surface area contributed by atoms with Crippen molar-refractivity contribution in [3.63, 3.8) is 0 Å². The van der Waals surface area contributed by atoms with Crippen LogP contribution >= 0.6 is 0 Å². The average molecular weight is 749 g/mol. The number of rotatable bonds is 9. The number of hydrogen-bond donors (Lipinski definition) is 0. The van der Waals surface area contributed by atoms with Gasteiger partial charge in [0.15, 0.2) is 13.2 Å². The molecule has 0 aromatic heterocycles. The van der Waals surface area contributed by atoms with Crippen LogP contribution in [0.3, 0.4) is 0 Å². The van der Waals surface area contributed by atoms with Crippen LogP contribution in [0.1, 0.15) is 65.5 Å². The van der Waals surface area contributed by atoms with Gasteiger partial charge in [-0.1, -0.05) is 31.2 Å². The molecule has 2 aromatic rings. The van der Waals surface area contributed by atoms with Gasteiger partial charge in [0.05, 0.1) is 4.75 Å². The van der Waals surface area contributed by atoms with Crippen molar-refractivity contribution >= 4 is 51.1 Å². The fourth-order valence-corrected chi connectivity index (χ4v) is 4.45. The number of benzene rings is 2. The minimum absolute atomic E-state index is 0. The second kappa shape index (κ2) is 20.2. The number of halogens is 7. The van der Waals surface area contributed by atoms with Crippen LogP contribution < -0.4 is 26.5 Å². The standard InChI is InChI=1S/C15H21F3O2S.C13H16F3NO2S.CH3.BrH.Mg/c1-11(9-21(19)14(2,3)4)12-6-5-7-13(8-12)20-10-15(16,17)18;1-12(2,3)20(18)17-8-10-5-4-6-11(7-10)19-9-13(14,15)16;;;/h5-8,11H,9-10H2,1-4H3;4-8H,9H2,1-3H3;1H3;1H;/q;;-1;;+2/p-1/t11-,21+;20-;;;/m11.../s1. The van der Waals surface area contributed by atoms with Crippen molar-refractivity contribution in [3.8, 4) is 11.5 Å². The summed E-state index contributed by atoms with van der Waals surface area (Å²) in [6, 6.07) is 12.6. The van der Waals surface area contributed by atoms with Gasteiger partial charge in [0, 0.05) is 27.5 Å². The van der Waals surface area contributed by atoms with E-state index in [9.17, 15) is 34.8 Å². The van der Waals surface area contributed by atoms with E-state index in [1.165, 1.54) is 24.4 Å². The molecule has 0 unspecified atom stereocenters. The molecule has 44 heavy (non-hydrogen) atoms. The van der Waals surface area contributed by atoms with Crippen LogP contribution in [0.2, 0.25) is 0 Å². The zero-order valence-electron chi connectivity index (χ0n) is 26.1. The van der Waals surface area contributed by atoms with Crippen molar-refractivity contribution in [1.29, 1.82) is 0 Å². The first-order valence-electron chi connectivity index (χ1n) is 12.5. The molecule has 0 aliphatic heterocycles. The van der Waals surface area contributed by atoms with Gasteiger partial charge >= 0.3 is 35.4 Å². The molecule has 248 valence electrons. The minimum Gasteiger partial charge on any atom is -1.00 e. The predicted molar refractivity (Wildman–Crippen MR) is 165 cm³/mol. The van der Waals surface area contributed by atoms with Crippen LogP contribution in [0.4, 0.5) is 26.3 Å². The van der Waals surface area contributed by atoms with Crippen LogP contribution in [-0.4, -0.2) is 78.5 Å². The average Bonchev–Trinajstić information content (AvgIpc) is 2.83. The summed E-state index contributed by atoms with van der Waals surface area (Å²) in [5.74, 6) is 0.720. The van der Waals surface area contributed by atoms with Crippen molar-refractivity contribution in [2.75, 3.05) is 19.0 Å². The summed E-state index contributed by atoms with van der Waals surface area (Å²) in [5.41, 5.74) is 1.36. The molecule has 0 bridgehead atoms. The molecular formula is C29H40BrF6MgNO4S2. The molecule has 0 aliphatic rings. The Morgan fingerprint density at radius 3 is 1.68 bits per heavy atom. The normalized spacial score (nSPS) is 14.0. The summed E-state index contributed by atoms with van der Waals surface area (Å²) in [6.07, 6.45) is -7.37. The Bertz CT molecular complexity index is 1200. The van der Waals surface area contributed by atoms with Crippen molar-refractivity contribution < 1.29 is 61.2 Å². The maximum absolute atomic E-state index is 12.1. The molecule has 0 aliphatic carbocycles. The Kier molecular flexibility index (Phi) is 21.6. The smallest absolute Gasteiger partial charge is 1.00 e. The molecule has 0 radical (unpaired) electrons.